The zero-order valence-electron chi connectivity index (χ0n) is 8.09. The van der Waals surface area contributed by atoms with E-state index in [9.17, 15) is 18.9 Å². The van der Waals surface area contributed by atoms with E-state index in [1.54, 1.807) is 0 Å². The van der Waals surface area contributed by atoms with E-state index in [4.69, 9.17) is 25.1 Å². The van der Waals surface area contributed by atoms with Crippen LogP contribution in [0.1, 0.15) is 6.42 Å². The van der Waals surface area contributed by atoms with Crippen LogP contribution in [0.2, 0.25) is 0 Å². The van der Waals surface area contributed by atoms with Gasteiger partial charge in [0.25, 0.3) is 0 Å². The summed E-state index contributed by atoms with van der Waals surface area (Å²) < 4.78 is 13.7. The lowest BCUT2D eigenvalue weighted by atomic mass is 9.99. The number of aliphatic hydroxyl groups excluding tert-OH is 1. The molecule has 0 fully saturated rings. The first-order chi connectivity index (χ1) is 7.54. The van der Waals surface area contributed by atoms with E-state index in [2.05, 4.69) is 4.52 Å². The SMILES string of the molecule is O=C(CC(C(=O)O)C(O)C(=O)O)OP(=O)(O)O. The number of phosphoric acid groups is 1. The highest BCUT2D eigenvalue weighted by atomic mass is 31.2. The number of aliphatic carboxylic acids is 2. The molecular formula is C6H9O10P. The summed E-state index contributed by atoms with van der Waals surface area (Å²) in [5, 5.41) is 25.8. The van der Waals surface area contributed by atoms with E-state index in [0.29, 0.717) is 0 Å². The molecule has 2 unspecified atom stereocenters. The molecule has 0 radical (unpaired) electrons. The van der Waals surface area contributed by atoms with Gasteiger partial charge in [0, 0.05) is 0 Å². The molecule has 0 spiro atoms. The van der Waals surface area contributed by atoms with Gasteiger partial charge in [-0.25, -0.2) is 9.36 Å². The summed E-state index contributed by atoms with van der Waals surface area (Å²) in [6.07, 6.45) is -3.58. The highest BCUT2D eigenvalue weighted by Gasteiger charge is 2.36. The first-order valence-electron chi connectivity index (χ1n) is 3.96. The third-order valence-corrected chi connectivity index (χ3v) is 2.00. The Morgan fingerprint density at radius 2 is 1.59 bits per heavy atom. The van der Waals surface area contributed by atoms with Crippen LogP contribution < -0.4 is 0 Å². The molecule has 10 nitrogen and oxygen atoms in total. The van der Waals surface area contributed by atoms with E-state index < -0.39 is 44.2 Å². The summed E-state index contributed by atoms with van der Waals surface area (Å²) in [5.74, 6) is -7.40. The minimum atomic E-state index is -5.13. The molecule has 0 aromatic rings. The van der Waals surface area contributed by atoms with Crippen LogP contribution in [0.15, 0.2) is 0 Å². The lowest BCUT2D eigenvalue weighted by Gasteiger charge is -2.14. The van der Waals surface area contributed by atoms with Crippen LogP contribution in [0.5, 0.6) is 0 Å². The molecule has 0 aliphatic heterocycles. The summed E-state index contributed by atoms with van der Waals surface area (Å²) in [4.78, 5) is 48.1. The van der Waals surface area contributed by atoms with Gasteiger partial charge in [0.1, 0.15) is 5.92 Å². The average molecular weight is 272 g/mol. The minimum Gasteiger partial charge on any atom is -0.481 e. The molecule has 2 atom stereocenters. The average Bonchev–Trinajstić information content (AvgIpc) is 2.09. The van der Waals surface area contributed by atoms with Crippen molar-refractivity contribution < 1.29 is 48.6 Å². The number of phosphoric ester groups is 1. The van der Waals surface area contributed by atoms with E-state index in [-0.39, 0.29) is 0 Å². The van der Waals surface area contributed by atoms with Crippen molar-refractivity contribution in [2.75, 3.05) is 0 Å². The van der Waals surface area contributed by atoms with Gasteiger partial charge in [0.05, 0.1) is 6.42 Å². The molecule has 0 saturated carbocycles. The fraction of sp³-hybridized carbons (Fsp3) is 0.500. The van der Waals surface area contributed by atoms with Crippen molar-refractivity contribution >= 4 is 25.7 Å². The lowest BCUT2D eigenvalue weighted by molar-refractivity contribution is -0.162. The number of carbonyl (C=O) groups excluding carboxylic acids is 1. The van der Waals surface area contributed by atoms with E-state index in [1.165, 1.54) is 0 Å². The van der Waals surface area contributed by atoms with Gasteiger partial charge in [-0.15, -0.1) is 0 Å². The van der Waals surface area contributed by atoms with Gasteiger partial charge in [0.15, 0.2) is 6.10 Å². The van der Waals surface area contributed by atoms with Crippen LogP contribution in [0.25, 0.3) is 0 Å². The van der Waals surface area contributed by atoms with Crippen LogP contribution >= 0.6 is 7.82 Å². The molecule has 0 aliphatic rings. The highest BCUT2D eigenvalue weighted by Crippen LogP contribution is 2.36. The number of aliphatic hydroxyl groups is 1. The topological polar surface area (TPSA) is 179 Å². The molecular weight excluding hydrogens is 263 g/mol. The van der Waals surface area contributed by atoms with Crippen molar-refractivity contribution in [1.29, 1.82) is 0 Å². The maximum absolute atomic E-state index is 10.8. The number of carboxylic acid groups (broad SMARTS) is 2. The van der Waals surface area contributed by atoms with Gasteiger partial charge in [-0.3, -0.25) is 19.4 Å². The molecule has 0 aromatic carbocycles. The Morgan fingerprint density at radius 3 is 1.88 bits per heavy atom. The van der Waals surface area contributed by atoms with Crippen molar-refractivity contribution in [2.24, 2.45) is 5.92 Å². The van der Waals surface area contributed by atoms with E-state index in [1.807, 2.05) is 0 Å². The van der Waals surface area contributed by atoms with Crippen molar-refractivity contribution in [1.82, 2.24) is 0 Å². The van der Waals surface area contributed by atoms with E-state index in [0.717, 1.165) is 0 Å². The Labute approximate surface area is 93.7 Å². The number of hydrogen-bond donors (Lipinski definition) is 5. The lowest BCUT2D eigenvalue weighted by Crippen LogP contribution is -2.36. The second kappa shape index (κ2) is 5.73. The summed E-state index contributed by atoms with van der Waals surface area (Å²) >= 11 is 0. The fourth-order valence-electron chi connectivity index (χ4n) is 0.856. The third kappa shape index (κ3) is 5.97. The van der Waals surface area contributed by atoms with Gasteiger partial charge in [-0.1, -0.05) is 0 Å². The minimum absolute atomic E-state index is 1.19. The Bertz CT molecular complexity index is 369. The Hall–Kier alpha value is -1.48. The molecule has 0 saturated heterocycles. The monoisotopic (exact) mass is 272 g/mol. The molecule has 17 heavy (non-hydrogen) atoms. The van der Waals surface area contributed by atoms with Crippen LogP contribution in [0.3, 0.4) is 0 Å². The van der Waals surface area contributed by atoms with Crippen molar-refractivity contribution in [3.05, 3.63) is 0 Å². The number of carboxylic acids is 2. The van der Waals surface area contributed by atoms with Crippen LogP contribution in [0, 0.1) is 5.92 Å². The van der Waals surface area contributed by atoms with Gasteiger partial charge >= 0.3 is 25.7 Å². The Morgan fingerprint density at radius 1 is 1.12 bits per heavy atom. The first kappa shape index (κ1) is 15.5. The molecule has 0 bridgehead atoms. The normalized spacial score (nSPS) is 14.8. The Balaban J connectivity index is 4.68. The smallest absolute Gasteiger partial charge is 0.481 e. The van der Waals surface area contributed by atoms with Crippen molar-refractivity contribution in [3.63, 3.8) is 0 Å². The molecule has 0 aromatic heterocycles. The molecule has 0 rings (SSSR count). The summed E-state index contributed by atoms with van der Waals surface area (Å²) in [5.41, 5.74) is 0. The summed E-state index contributed by atoms with van der Waals surface area (Å²) in [7, 11) is -5.13. The summed E-state index contributed by atoms with van der Waals surface area (Å²) in [6, 6.07) is 0. The molecule has 0 aliphatic carbocycles. The fourth-order valence-corrected chi connectivity index (χ4v) is 1.20. The van der Waals surface area contributed by atoms with Crippen LogP contribution in [-0.2, 0) is 23.5 Å². The zero-order chi connectivity index (χ0) is 13.8. The largest absolute Gasteiger partial charge is 0.526 e. The maximum atomic E-state index is 10.8. The van der Waals surface area contributed by atoms with Crippen LogP contribution in [-0.4, -0.2) is 49.1 Å². The standard InChI is InChI=1S/C6H9O10P/c7-3(16-17(13,14)15)1-2(5(9)10)4(8)6(11)12/h2,4,8H,1H2,(H,9,10)(H,11,12)(H2,13,14,15). The second-order valence-corrected chi connectivity index (χ2v) is 4.05. The zero-order valence-corrected chi connectivity index (χ0v) is 8.98. The molecule has 11 heteroatoms. The van der Waals surface area contributed by atoms with Gasteiger partial charge in [-0.05, 0) is 0 Å². The predicted octanol–water partition coefficient (Wildman–Crippen LogP) is -1.84. The second-order valence-electron chi connectivity index (χ2n) is 2.89. The molecule has 98 valence electrons. The summed E-state index contributed by atoms with van der Waals surface area (Å²) in [6.45, 7) is 0. The first-order valence-corrected chi connectivity index (χ1v) is 5.49. The number of carbonyl (C=O) groups is 3. The molecule has 0 heterocycles. The number of hydrogen-bond acceptors (Lipinski definition) is 6. The van der Waals surface area contributed by atoms with Gasteiger partial charge in [-0.2, -0.15) is 0 Å². The number of rotatable bonds is 6. The Kier molecular flexibility index (Phi) is 5.23. The highest BCUT2D eigenvalue weighted by molar-refractivity contribution is 7.46. The molecule has 0 amide bonds. The van der Waals surface area contributed by atoms with E-state index >= 15 is 0 Å². The molecule has 5 N–H and O–H groups in total. The third-order valence-electron chi connectivity index (χ3n) is 1.56. The van der Waals surface area contributed by atoms with Crippen molar-refractivity contribution in [3.8, 4) is 0 Å². The van der Waals surface area contributed by atoms with Gasteiger partial charge in [0.2, 0.25) is 0 Å². The van der Waals surface area contributed by atoms with Crippen molar-refractivity contribution in [2.45, 2.75) is 12.5 Å². The van der Waals surface area contributed by atoms with Gasteiger partial charge < -0.3 is 19.8 Å². The van der Waals surface area contributed by atoms with Crippen LogP contribution in [0.4, 0.5) is 0 Å². The quantitative estimate of drug-likeness (QED) is 0.345. The maximum Gasteiger partial charge on any atom is 0.526 e. The predicted molar refractivity (Wildman–Crippen MR) is 47.5 cm³/mol.